The van der Waals surface area contributed by atoms with Gasteiger partial charge in [0.25, 0.3) is 5.91 Å². The van der Waals surface area contributed by atoms with E-state index < -0.39 is 0 Å². The summed E-state index contributed by atoms with van der Waals surface area (Å²) in [5, 5.41) is 2.86. The third kappa shape index (κ3) is 3.11. The fourth-order valence-electron chi connectivity index (χ4n) is 2.13. The quantitative estimate of drug-likeness (QED) is 0.773. The minimum Gasteiger partial charge on any atom is -0.361 e. The van der Waals surface area contributed by atoms with Crippen LogP contribution in [0.4, 0.5) is 17.5 Å². The van der Waals surface area contributed by atoms with Crippen LogP contribution in [-0.2, 0) is 0 Å². The Balaban J connectivity index is 1.90. The average Bonchev–Trinajstić information content (AvgIpc) is 3.02. The Morgan fingerprint density at radius 1 is 1.08 bits per heavy atom. The van der Waals surface area contributed by atoms with Crippen LogP contribution in [0.25, 0.3) is 11.0 Å². The van der Waals surface area contributed by atoms with Crippen molar-refractivity contribution in [2.45, 2.75) is 0 Å². The van der Waals surface area contributed by atoms with Gasteiger partial charge in [-0.3, -0.25) is 4.79 Å². The van der Waals surface area contributed by atoms with Crippen molar-refractivity contribution >= 4 is 46.1 Å². The van der Waals surface area contributed by atoms with Crippen LogP contribution < -0.4 is 15.1 Å². The van der Waals surface area contributed by atoms with Crippen LogP contribution in [0.15, 0.2) is 24.4 Å². The molecule has 2 heterocycles. The highest BCUT2D eigenvalue weighted by Gasteiger charge is 2.15. The highest BCUT2D eigenvalue weighted by atomic mass is 32.1. The summed E-state index contributed by atoms with van der Waals surface area (Å²) in [5.74, 6) is 0.972. The van der Waals surface area contributed by atoms with Gasteiger partial charge in [0.15, 0.2) is 5.82 Å². The van der Waals surface area contributed by atoms with Crippen molar-refractivity contribution in [3.63, 3.8) is 0 Å². The number of nitrogens with one attached hydrogen (secondary N) is 1. The monoisotopic (exact) mass is 343 g/mol. The Hall–Kier alpha value is -2.81. The van der Waals surface area contributed by atoms with Gasteiger partial charge in [-0.25, -0.2) is 4.98 Å². The molecular formula is C15H17N7OS. The number of nitrogens with zero attached hydrogens (tertiary/aromatic N) is 6. The lowest BCUT2D eigenvalue weighted by Crippen LogP contribution is -2.21. The van der Waals surface area contributed by atoms with Crippen molar-refractivity contribution < 1.29 is 4.79 Å². The van der Waals surface area contributed by atoms with Gasteiger partial charge in [-0.2, -0.15) is 13.7 Å². The van der Waals surface area contributed by atoms with Crippen LogP contribution in [0.3, 0.4) is 0 Å². The molecule has 0 radical (unpaired) electrons. The SMILES string of the molecule is CN(C)c1ncc(NC(=O)c2ccc3nsnc3c2)c(N(C)C)n1. The molecule has 8 nitrogen and oxygen atoms in total. The van der Waals surface area contributed by atoms with Crippen LogP contribution in [-0.4, -0.2) is 52.8 Å². The Morgan fingerprint density at radius 2 is 1.83 bits per heavy atom. The maximum atomic E-state index is 12.5. The predicted molar refractivity (Wildman–Crippen MR) is 96.1 cm³/mol. The second-order valence-corrected chi connectivity index (χ2v) is 6.15. The maximum absolute atomic E-state index is 12.5. The third-order valence-corrected chi connectivity index (χ3v) is 3.90. The Kier molecular flexibility index (Phi) is 4.26. The van der Waals surface area contributed by atoms with Gasteiger partial charge in [-0.05, 0) is 18.2 Å². The number of hydrogen-bond acceptors (Lipinski definition) is 8. The van der Waals surface area contributed by atoms with E-state index in [0.29, 0.717) is 28.5 Å². The van der Waals surface area contributed by atoms with Gasteiger partial charge in [0.05, 0.1) is 17.9 Å². The van der Waals surface area contributed by atoms with Crippen LogP contribution in [0, 0.1) is 0 Å². The van der Waals surface area contributed by atoms with E-state index in [1.165, 1.54) is 0 Å². The first-order chi connectivity index (χ1) is 11.5. The summed E-state index contributed by atoms with van der Waals surface area (Å²) < 4.78 is 8.29. The molecule has 24 heavy (non-hydrogen) atoms. The van der Waals surface area contributed by atoms with Gasteiger partial charge in [-0.1, -0.05) is 0 Å². The normalized spacial score (nSPS) is 10.7. The summed E-state index contributed by atoms with van der Waals surface area (Å²) in [4.78, 5) is 24.9. The standard InChI is InChI=1S/C15H17N7OS/c1-21(2)13-12(8-16-15(18-13)22(3)4)17-14(23)9-5-6-10-11(7-9)20-24-19-10/h5-8H,1-4H3,(H,17,23). The lowest BCUT2D eigenvalue weighted by Gasteiger charge is -2.19. The number of carbonyl (C=O) groups excluding carboxylic acids is 1. The molecule has 1 aromatic carbocycles. The largest absolute Gasteiger partial charge is 0.361 e. The molecule has 0 aliphatic heterocycles. The Morgan fingerprint density at radius 3 is 2.54 bits per heavy atom. The molecule has 1 N–H and O–H groups in total. The van der Waals surface area contributed by atoms with Gasteiger partial charge in [-0.15, -0.1) is 0 Å². The van der Waals surface area contributed by atoms with E-state index in [2.05, 4.69) is 24.0 Å². The van der Waals surface area contributed by atoms with Crippen molar-refractivity contribution in [1.29, 1.82) is 0 Å². The Labute approximate surface area is 143 Å². The van der Waals surface area contributed by atoms with Gasteiger partial charge in [0.2, 0.25) is 5.95 Å². The first-order valence-corrected chi connectivity index (χ1v) is 7.94. The van der Waals surface area contributed by atoms with Crippen LogP contribution in [0.2, 0.25) is 0 Å². The van der Waals surface area contributed by atoms with Crippen molar-refractivity contribution in [3.05, 3.63) is 30.0 Å². The molecule has 0 atom stereocenters. The molecule has 0 aliphatic rings. The molecule has 0 spiro atoms. The van der Waals surface area contributed by atoms with E-state index in [9.17, 15) is 4.79 Å². The predicted octanol–water partition coefficient (Wildman–Crippen LogP) is 1.87. The molecule has 1 amide bonds. The zero-order valence-electron chi connectivity index (χ0n) is 13.8. The summed E-state index contributed by atoms with van der Waals surface area (Å²) in [6.45, 7) is 0. The van der Waals surface area contributed by atoms with Crippen molar-refractivity contribution in [3.8, 4) is 0 Å². The number of benzene rings is 1. The molecule has 0 saturated carbocycles. The summed E-state index contributed by atoms with van der Waals surface area (Å²) in [6.07, 6.45) is 1.61. The summed E-state index contributed by atoms with van der Waals surface area (Å²) in [6, 6.07) is 5.23. The molecule has 9 heteroatoms. The zero-order valence-corrected chi connectivity index (χ0v) is 14.6. The third-order valence-electron chi connectivity index (χ3n) is 3.34. The second kappa shape index (κ2) is 6.36. The number of fused-ring (bicyclic) bond motifs is 1. The van der Waals surface area contributed by atoms with E-state index in [1.807, 2.05) is 38.0 Å². The summed E-state index contributed by atoms with van der Waals surface area (Å²) in [7, 11) is 7.46. The van der Waals surface area contributed by atoms with Crippen molar-refractivity contribution in [1.82, 2.24) is 18.7 Å². The molecule has 3 rings (SSSR count). The van der Waals surface area contributed by atoms with Crippen molar-refractivity contribution in [2.75, 3.05) is 43.3 Å². The van der Waals surface area contributed by atoms with E-state index in [0.717, 1.165) is 17.2 Å². The summed E-state index contributed by atoms with van der Waals surface area (Å²) in [5.41, 5.74) is 2.55. The first kappa shape index (κ1) is 16.1. The fourth-order valence-corrected chi connectivity index (χ4v) is 2.64. The maximum Gasteiger partial charge on any atom is 0.255 e. The number of amides is 1. The van der Waals surface area contributed by atoms with Gasteiger partial charge in [0, 0.05) is 33.8 Å². The minimum absolute atomic E-state index is 0.241. The van der Waals surface area contributed by atoms with Gasteiger partial charge < -0.3 is 15.1 Å². The van der Waals surface area contributed by atoms with Crippen LogP contribution in [0.5, 0.6) is 0 Å². The van der Waals surface area contributed by atoms with E-state index in [-0.39, 0.29) is 5.91 Å². The topological polar surface area (TPSA) is 87.1 Å². The molecule has 0 aliphatic carbocycles. The van der Waals surface area contributed by atoms with Crippen LogP contribution >= 0.6 is 11.7 Å². The highest BCUT2D eigenvalue weighted by Crippen LogP contribution is 2.24. The highest BCUT2D eigenvalue weighted by molar-refractivity contribution is 7.00. The number of rotatable bonds is 4. The van der Waals surface area contributed by atoms with Crippen LogP contribution in [0.1, 0.15) is 10.4 Å². The average molecular weight is 343 g/mol. The fraction of sp³-hybridized carbons (Fsp3) is 0.267. The molecule has 124 valence electrons. The van der Waals surface area contributed by atoms with Gasteiger partial charge >= 0.3 is 0 Å². The first-order valence-electron chi connectivity index (χ1n) is 7.21. The number of hydrogen-bond donors (Lipinski definition) is 1. The molecular weight excluding hydrogens is 326 g/mol. The lowest BCUT2D eigenvalue weighted by atomic mass is 10.2. The minimum atomic E-state index is -0.241. The van der Waals surface area contributed by atoms with E-state index >= 15 is 0 Å². The smallest absolute Gasteiger partial charge is 0.255 e. The molecule has 0 saturated heterocycles. The number of carbonyl (C=O) groups is 1. The van der Waals surface area contributed by atoms with Gasteiger partial charge in [0.1, 0.15) is 16.7 Å². The molecule has 2 aromatic heterocycles. The zero-order chi connectivity index (χ0) is 17.3. The number of aromatic nitrogens is 4. The molecule has 0 fully saturated rings. The summed E-state index contributed by atoms with van der Waals surface area (Å²) >= 11 is 1.12. The van der Waals surface area contributed by atoms with E-state index in [4.69, 9.17) is 0 Å². The number of anilines is 3. The Bertz CT molecular complexity index is 890. The molecule has 0 unspecified atom stereocenters. The lowest BCUT2D eigenvalue weighted by molar-refractivity contribution is 0.102. The van der Waals surface area contributed by atoms with E-state index in [1.54, 1.807) is 24.4 Å². The second-order valence-electron chi connectivity index (χ2n) is 5.62. The van der Waals surface area contributed by atoms with Crippen molar-refractivity contribution in [2.24, 2.45) is 0 Å². The molecule has 3 aromatic rings. The molecule has 0 bridgehead atoms.